The molecule has 0 saturated carbocycles. The van der Waals surface area contributed by atoms with Gasteiger partial charge in [-0.05, 0) is 55.9 Å². The monoisotopic (exact) mass is 472 g/mol. The zero-order valence-corrected chi connectivity index (χ0v) is 20.7. The van der Waals surface area contributed by atoms with Gasteiger partial charge in [0.2, 0.25) is 0 Å². The van der Waals surface area contributed by atoms with Gasteiger partial charge in [0.1, 0.15) is 18.0 Å². The molecule has 0 radical (unpaired) electrons. The van der Waals surface area contributed by atoms with Gasteiger partial charge in [0.05, 0.1) is 18.8 Å². The third-order valence-electron chi connectivity index (χ3n) is 6.17. The number of rotatable bonds is 7. The van der Waals surface area contributed by atoms with Gasteiger partial charge in [0, 0.05) is 10.5 Å². The lowest BCUT2D eigenvalue weighted by Gasteiger charge is -2.28. The maximum absolute atomic E-state index is 11.4. The van der Waals surface area contributed by atoms with Crippen molar-refractivity contribution in [2.45, 2.75) is 81.2 Å². The normalized spacial score (nSPS) is 31.2. The number of hydrogen-bond acceptors (Lipinski definition) is 6. The highest BCUT2D eigenvalue weighted by atomic mass is 32.2. The van der Waals surface area contributed by atoms with Crippen molar-refractivity contribution in [3.63, 3.8) is 0 Å². The average Bonchev–Trinajstić information content (AvgIpc) is 3.09. The molecule has 0 bridgehead atoms. The molecule has 0 spiro atoms. The van der Waals surface area contributed by atoms with E-state index in [1.807, 2.05) is 44.2 Å². The van der Waals surface area contributed by atoms with Crippen LogP contribution in [0.3, 0.4) is 0 Å². The van der Waals surface area contributed by atoms with E-state index in [0.717, 1.165) is 16.9 Å². The third-order valence-corrected chi connectivity index (χ3v) is 7.76. The Balaban J connectivity index is 1.54. The van der Waals surface area contributed by atoms with Gasteiger partial charge in [0.25, 0.3) is 0 Å². The molecule has 2 aromatic carbocycles. The Morgan fingerprint density at radius 1 is 0.848 bits per heavy atom. The molecule has 180 valence electrons. The van der Waals surface area contributed by atoms with Gasteiger partial charge in [-0.1, -0.05) is 56.3 Å². The lowest BCUT2D eigenvalue weighted by molar-refractivity contribution is -0.161. The molecule has 2 aliphatic heterocycles. The number of aliphatic hydroxyl groups excluding tert-OH is 2. The molecule has 0 amide bonds. The summed E-state index contributed by atoms with van der Waals surface area (Å²) in [5, 5.41) is 22.4. The predicted molar refractivity (Wildman–Crippen MR) is 132 cm³/mol. The van der Waals surface area contributed by atoms with E-state index < -0.39 is 30.2 Å². The fraction of sp³-hybridized carbons (Fsp3) is 0.556. The van der Waals surface area contributed by atoms with E-state index in [2.05, 4.69) is 38.1 Å². The number of hydrogen-bond donors (Lipinski definition) is 2. The second kappa shape index (κ2) is 10.4. The molecule has 0 aliphatic carbocycles. The minimum Gasteiger partial charge on any atom is -0.493 e. The smallest absolute Gasteiger partial charge is 0.164 e. The Kier molecular flexibility index (Phi) is 7.71. The summed E-state index contributed by atoms with van der Waals surface area (Å²) in [4.78, 5) is 0. The SMILES string of the molecule is CC(C)COc1ccc(C[C@H]2SC(Cc3ccccc3)[C@H](O)[C@@H]3OC(C)(C)O[C@H]3[C@H]2O)cc1. The molecular weight excluding hydrogens is 436 g/mol. The Bertz CT molecular complexity index is 885. The molecule has 2 heterocycles. The van der Waals surface area contributed by atoms with Gasteiger partial charge >= 0.3 is 0 Å². The Morgan fingerprint density at radius 2 is 1.36 bits per heavy atom. The molecule has 2 saturated heterocycles. The maximum atomic E-state index is 11.4. The van der Waals surface area contributed by atoms with Gasteiger partial charge in [-0.2, -0.15) is 0 Å². The van der Waals surface area contributed by atoms with Crippen LogP contribution in [-0.4, -0.2) is 57.5 Å². The number of fused-ring (bicyclic) bond motifs is 1. The zero-order chi connectivity index (χ0) is 23.6. The van der Waals surface area contributed by atoms with E-state index in [0.29, 0.717) is 25.4 Å². The van der Waals surface area contributed by atoms with E-state index in [1.54, 1.807) is 11.8 Å². The highest BCUT2D eigenvalue weighted by Crippen LogP contribution is 2.43. The molecule has 0 aromatic heterocycles. The van der Waals surface area contributed by atoms with Crippen molar-refractivity contribution in [3.05, 3.63) is 65.7 Å². The summed E-state index contributed by atoms with van der Waals surface area (Å²) in [6, 6.07) is 18.3. The van der Waals surface area contributed by atoms with Crippen molar-refractivity contribution < 1.29 is 24.4 Å². The second-order valence-corrected chi connectivity index (χ2v) is 11.5. The van der Waals surface area contributed by atoms with Crippen molar-refractivity contribution in [3.8, 4) is 5.75 Å². The summed E-state index contributed by atoms with van der Waals surface area (Å²) in [6.07, 6.45) is -1.26. The molecule has 2 N–H and O–H groups in total. The van der Waals surface area contributed by atoms with Crippen LogP contribution in [0.5, 0.6) is 5.75 Å². The van der Waals surface area contributed by atoms with Crippen LogP contribution in [-0.2, 0) is 22.3 Å². The molecule has 6 heteroatoms. The summed E-state index contributed by atoms with van der Waals surface area (Å²) >= 11 is 1.64. The molecule has 4 rings (SSSR count). The first-order valence-corrected chi connectivity index (χ1v) is 12.8. The zero-order valence-electron chi connectivity index (χ0n) is 19.9. The molecule has 2 aromatic rings. The molecule has 1 unspecified atom stereocenters. The highest BCUT2D eigenvalue weighted by molar-refractivity contribution is 8.00. The fourth-order valence-electron chi connectivity index (χ4n) is 4.56. The highest BCUT2D eigenvalue weighted by Gasteiger charge is 2.54. The van der Waals surface area contributed by atoms with Crippen molar-refractivity contribution in [2.75, 3.05) is 6.61 Å². The van der Waals surface area contributed by atoms with Gasteiger partial charge < -0.3 is 24.4 Å². The van der Waals surface area contributed by atoms with Crippen LogP contribution in [0.15, 0.2) is 54.6 Å². The lowest BCUT2D eigenvalue weighted by atomic mass is 9.95. The molecule has 6 atom stereocenters. The number of aliphatic hydroxyl groups is 2. The van der Waals surface area contributed by atoms with Crippen LogP contribution < -0.4 is 4.74 Å². The van der Waals surface area contributed by atoms with Crippen LogP contribution in [0.4, 0.5) is 0 Å². The quantitative estimate of drug-likeness (QED) is 0.629. The number of ether oxygens (including phenoxy) is 3. The first kappa shape index (κ1) is 24.6. The first-order chi connectivity index (χ1) is 15.7. The maximum Gasteiger partial charge on any atom is 0.164 e. The van der Waals surface area contributed by atoms with Crippen LogP contribution in [0.2, 0.25) is 0 Å². The van der Waals surface area contributed by atoms with E-state index in [-0.39, 0.29) is 10.5 Å². The van der Waals surface area contributed by atoms with Crippen molar-refractivity contribution in [1.29, 1.82) is 0 Å². The van der Waals surface area contributed by atoms with E-state index in [4.69, 9.17) is 14.2 Å². The summed E-state index contributed by atoms with van der Waals surface area (Å²) in [7, 11) is 0. The number of benzene rings is 2. The molecule has 5 nitrogen and oxygen atoms in total. The largest absolute Gasteiger partial charge is 0.493 e. The molecule has 2 fully saturated rings. The standard InChI is InChI=1S/C27H36O5S/c1-17(2)16-30-20-12-10-19(11-13-20)15-22-24(29)26-25(31-27(3,4)32-26)23(28)21(33-22)14-18-8-6-5-7-9-18/h5-13,17,21-26,28-29H,14-16H2,1-4H3/t21?,22-,23+,24+,25+,26+/m1/s1. The van der Waals surface area contributed by atoms with Gasteiger partial charge in [-0.15, -0.1) is 11.8 Å². The average molecular weight is 473 g/mol. The predicted octanol–water partition coefficient (Wildman–Crippen LogP) is 4.23. The minimum absolute atomic E-state index is 0.117. The van der Waals surface area contributed by atoms with Crippen molar-refractivity contribution in [1.82, 2.24) is 0 Å². The minimum atomic E-state index is -0.837. The Hall–Kier alpha value is -1.57. The van der Waals surface area contributed by atoms with Crippen LogP contribution in [0.25, 0.3) is 0 Å². The van der Waals surface area contributed by atoms with Crippen LogP contribution >= 0.6 is 11.8 Å². The van der Waals surface area contributed by atoms with Crippen molar-refractivity contribution in [2.24, 2.45) is 5.92 Å². The molecule has 2 aliphatic rings. The fourth-order valence-corrected chi connectivity index (χ4v) is 6.21. The summed E-state index contributed by atoms with van der Waals surface area (Å²) in [5.74, 6) is 0.491. The van der Waals surface area contributed by atoms with Crippen LogP contribution in [0, 0.1) is 5.92 Å². The lowest BCUT2D eigenvalue weighted by Crippen LogP contribution is -2.45. The number of thioether (sulfide) groups is 1. The van der Waals surface area contributed by atoms with Gasteiger partial charge in [-0.3, -0.25) is 0 Å². The van der Waals surface area contributed by atoms with Crippen molar-refractivity contribution >= 4 is 11.8 Å². The molecular formula is C27H36O5S. The summed E-state index contributed by atoms with van der Waals surface area (Å²) in [5.41, 5.74) is 2.28. The second-order valence-electron chi connectivity index (χ2n) is 10.0. The van der Waals surface area contributed by atoms with Gasteiger partial charge in [-0.25, -0.2) is 0 Å². The van der Waals surface area contributed by atoms with E-state index in [9.17, 15) is 10.2 Å². The third kappa shape index (κ3) is 6.11. The first-order valence-electron chi connectivity index (χ1n) is 11.8. The topological polar surface area (TPSA) is 68.2 Å². The summed E-state index contributed by atoms with van der Waals surface area (Å²) in [6.45, 7) is 8.62. The summed E-state index contributed by atoms with van der Waals surface area (Å²) < 4.78 is 18.0. The van der Waals surface area contributed by atoms with Gasteiger partial charge in [0.15, 0.2) is 5.79 Å². The van der Waals surface area contributed by atoms with E-state index in [1.165, 1.54) is 0 Å². The molecule has 33 heavy (non-hydrogen) atoms. The Morgan fingerprint density at radius 3 is 1.88 bits per heavy atom. The van der Waals surface area contributed by atoms with Crippen LogP contribution in [0.1, 0.15) is 38.8 Å². The Labute approximate surface area is 201 Å². The van der Waals surface area contributed by atoms with E-state index >= 15 is 0 Å².